The van der Waals surface area contributed by atoms with Gasteiger partial charge in [0.15, 0.2) is 0 Å². The average Bonchev–Trinajstić information content (AvgIpc) is 1.91. The van der Waals surface area contributed by atoms with E-state index in [1.54, 1.807) is 0 Å². The summed E-state index contributed by atoms with van der Waals surface area (Å²) in [4.78, 5) is 0. The van der Waals surface area contributed by atoms with Crippen LogP contribution in [-0.4, -0.2) is 12.2 Å². The SMILES string of the molecule is C=CCC(C)OC(C)C.CC. The largest absolute Gasteiger partial charge is 0.376 e. The topological polar surface area (TPSA) is 9.23 Å². The summed E-state index contributed by atoms with van der Waals surface area (Å²) in [5, 5.41) is 0. The minimum Gasteiger partial charge on any atom is -0.376 e. The molecule has 11 heavy (non-hydrogen) atoms. The lowest BCUT2D eigenvalue weighted by Crippen LogP contribution is -2.12. The monoisotopic (exact) mass is 158 g/mol. The van der Waals surface area contributed by atoms with Gasteiger partial charge < -0.3 is 4.74 Å². The molecule has 0 heterocycles. The van der Waals surface area contributed by atoms with Crippen molar-refractivity contribution in [2.75, 3.05) is 0 Å². The summed E-state index contributed by atoms with van der Waals surface area (Å²) in [7, 11) is 0. The van der Waals surface area contributed by atoms with Crippen LogP contribution >= 0.6 is 0 Å². The van der Waals surface area contributed by atoms with Gasteiger partial charge in [0.2, 0.25) is 0 Å². The summed E-state index contributed by atoms with van der Waals surface area (Å²) in [6.07, 6.45) is 3.48. The zero-order valence-electron chi connectivity index (χ0n) is 8.55. The van der Waals surface area contributed by atoms with E-state index in [4.69, 9.17) is 4.74 Å². The van der Waals surface area contributed by atoms with Crippen LogP contribution in [0.4, 0.5) is 0 Å². The second-order valence-corrected chi connectivity index (χ2v) is 2.52. The molecule has 1 unspecified atom stereocenters. The Labute approximate surface area is 71.5 Å². The van der Waals surface area contributed by atoms with Crippen LogP contribution in [0.2, 0.25) is 0 Å². The van der Waals surface area contributed by atoms with E-state index in [9.17, 15) is 0 Å². The molecule has 0 aromatic rings. The highest BCUT2D eigenvalue weighted by atomic mass is 16.5. The van der Waals surface area contributed by atoms with Crippen LogP contribution in [0.1, 0.15) is 41.0 Å². The molecule has 0 aliphatic carbocycles. The van der Waals surface area contributed by atoms with Gasteiger partial charge in [-0.15, -0.1) is 6.58 Å². The molecule has 1 heteroatoms. The first-order chi connectivity index (χ1) is 5.16. The Morgan fingerprint density at radius 1 is 1.27 bits per heavy atom. The Hall–Kier alpha value is -0.300. The standard InChI is InChI=1S/C8H16O.C2H6/c1-5-6-8(4)9-7(2)3;1-2/h5,7-8H,1,6H2,2-4H3;1-2H3. The maximum absolute atomic E-state index is 5.42. The van der Waals surface area contributed by atoms with Crippen molar-refractivity contribution in [2.45, 2.75) is 53.2 Å². The molecular weight excluding hydrogens is 136 g/mol. The van der Waals surface area contributed by atoms with Gasteiger partial charge in [0.25, 0.3) is 0 Å². The van der Waals surface area contributed by atoms with Gasteiger partial charge in [-0.05, 0) is 27.2 Å². The average molecular weight is 158 g/mol. The number of rotatable bonds is 4. The second-order valence-electron chi connectivity index (χ2n) is 2.52. The van der Waals surface area contributed by atoms with Crippen molar-refractivity contribution in [3.8, 4) is 0 Å². The first-order valence-corrected chi connectivity index (χ1v) is 4.43. The van der Waals surface area contributed by atoms with Crippen LogP contribution < -0.4 is 0 Å². The Kier molecular flexibility index (Phi) is 11.7. The van der Waals surface area contributed by atoms with Gasteiger partial charge in [-0.25, -0.2) is 0 Å². The fourth-order valence-electron chi connectivity index (χ4n) is 0.755. The fourth-order valence-corrected chi connectivity index (χ4v) is 0.755. The van der Waals surface area contributed by atoms with Gasteiger partial charge in [0.05, 0.1) is 12.2 Å². The first kappa shape index (κ1) is 13.3. The molecule has 0 saturated carbocycles. The summed E-state index contributed by atoms with van der Waals surface area (Å²) in [6, 6.07) is 0. The lowest BCUT2D eigenvalue weighted by Gasteiger charge is -2.13. The van der Waals surface area contributed by atoms with Gasteiger partial charge in [-0.3, -0.25) is 0 Å². The summed E-state index contributed by atoms with van der Waals surface area (Å²) >= 11 is 0. The number of ether oxygens (including phenoxy) is 1. The molecule has 1 atom stereocenters. The zero-order chi connectivity index (χ0) is 9.28. The summed E-state index contributed by atoms with van der Waals surface area (Å²) in [5.41, 5.74) is 0. The van der Waals surface area contributed by atoms with Crippen molar-refractivity contribution in [1.82, 2.24) is 0 Å². The molecule has 0 rings (SSSR count). The molecule has 0 fully saturated rings. The first-order valence-electron chi connectivity index (χ1n) is 4.43. The van der Waals surface area contributed by atoms with Crippen LogP contribution in [-0.2, 0) is 4.74 Å². The quantitative estimate of drug-likeness (QED) is 0.570. The molecule has 68 valence electrons. The predicted octanol–water partition coefficient (Wildman–Crippen LogP) is 3.40. The predicted molar refractivity (Wildman–Crippen MR) is 51.8 cm³/mol. The van der Waals surface area contributed by atoms with E-state index >= 15 is 0 Å². The number of hydrogen-bond donors (Lipinski definition) is 0. The summed E-state index contributed by atoms with van der Waals surface area (Å²) < 4.78 is 5.42. The van der Waals surface area contributed by atoms with Crippen LogP contribution in [0.15, 0.2) is 12.7 Å². The van der Waals surface area contributed by atoms with Crippen molar-refractivity contribution in [3.63, 3.8) is 0 Å². The van der Waals surface area contributed by atoms with Gasteiger partial charge >= 0.3 is 0 Å². The molecule has 0 amide bonds. The fraction of sp³-hybridized carbons (Fsp3) is 0.800. The van der Waals surface area contributed by atoms with E-state index in [2.05, 4.69) is 13.5 Å². The van der Waals surface area contributed by atoms with E-state index in [0.717, 1.165) is 6.42 Å². The molecule has 0 N–H and O–H groups in total. The third-order valence-corrected chi connectivity index (χ3v) is 1.00. The Morgan fingerprint density at radius 2 is 1.73 bits per heavy atom. The zero-order valence-corrected chi connectivity index (χ0v) is 8.55. The lowest BCUT2D eigenvalue weighted by molar-refractivity contribution is 0.0210. The Balaban J connectivity index is 0. The Morgan fingerprint density at radius 3 is 2.00 bits per heavy atom. The third-order valence-electron chi connectivity index (χ3n) is 1.00. The molecule has 0 aromatic carbocycles. The van der Waals surface area contributed by atoms with E-state index in [1.165, 1.54) is 0 Å². The molecule has 0 aliphatic heterocycles. The van der Waals surface area contributed by atoms with Gasteiger partial charge in [0, 0.05) is 0 Å². The minimum absolute atomic E-state index is 0.322. The highest BCUT2D eigenvalue weighted by Crippen LogP contribution is 2.00. The number of hydrogen-bond acceptors (Lipinski definition) is 1. The van der Waals surface area contributed by atoms with Crippen molar-refractivity contribution >= 4 is 0 Å². The van der Waals surface area contributed by atoms with Gasteiger partial charge in [-0.2, -0.15) is 0 Å². The summed E-state index contributed by atoms with van der Waals surface area (Å²) in [6.45, 7) is 13.8. The molecule has 0 bridgehead atoms. The van der Waals surface area contributed by atoms with Crippen LogP contribution in [0.5, 0.6) is 0 Å². The molecule has 0 aliphatic rings. The maximum Gasteiger partial charge on any atom is 0.0584 e. The van der Waals surface area contributed by atoms with Crippen molar-refractivity contribution < 1.29 is 4.74 Å². The highest BCUT2D eigenvalue weighted by molar-refractivity contribution is 4.70. The minimum atomic E-state index is 0.322. The summed E-state index contributed by atoms with van der Waals surface area (Å²) in [5.74, 6) is 0. The van der Waals surface area contributed by atoms with Crippen LogP contribution in [0.3, 0.4) is 0 Å². The normalized spacial score (nSPS) is 11.8. The van der Waals surface area contributed by atoms with E-state index < -0.39 is 0 Å². The van der Waals surface area contributed by atoms with E-state index in [-0.39, 0.29) is 0 Å². The third kappa shape index (κ3) is 12.8. The Bertz CT molecular complexity index is 76.9. The van der Waals surface area contributed by atoms with Crippen LogP contribution in [0, 0.1) is 0 Å². The van der Waals surface area contributed by atoms with Crippen molar-refractivity contribution in [1.29, 1.82) is 0 Å². The molecule has 1 nitrogen and oxygen atoms in total. The molecular formula is C10H22O. The van der Waals surface area contributed by atoms with E-state index in [0.29, 0.717) is 12.2 Å². The smallest absolute Gasteiger partial charge is 0.0584 e. The molecule has 0 radical (unpaired) electrons. The second kappa shape index (κ2) is 9.70. The maximum atomic E-state index is 5.42. The van der Waals surface area contributed by atoms with Gasteiger partial charge in [-0.1, -0.05) is 19.9 Å². The molecule has 0 aromatic heterocycles. The molecule has 0 saturated heterocycles. The van der Waals surface area contributed by atoms with Crippen LogP contribution in [0.25, 0.3) is 0 Å². The molecule has 0 spiro atoms. The van der Waals surface area contributed by atoms with Crippen molar-refractivity contribution in [2.24, 2.45) is 0 Å². The lowest BCUT2D eigenvalue weighted by atomic mass is 10.3. The highest BCUT2D eigenvalue weighted by Gasteiger charge is 2.00. The van der Waals surface area contributed by atoms with Crippen molar-refractivity contribution in [3.05, 3.63) is 12.7 Å². The van der Waals surface area contributed by atoms with Gasteiger partial charge in [0.1, 0.15) is 0 Å². The van der Waals surface area contributed by atoms with E-state index in [1.807, 2.05) is 33.8 Å².